The number of rotatable bonds is 5. The fourth-order valence-electron chi connectivity index (χ4n) is 3.98. The van der Waals surface area contributed by atoms with E-state index in [0.717, 1.165) is 29.7 Å². The Morgan fingerprint density at radius 1 is 1.07 bits per heavy atom. The van der Waals surface area contributed by atoms with Crippen molar-refractivity contribution in [2.75, 3.05) is 13.2 Å². The Balaban J connectivity index is 1.43. The summed E-state index contributed by atoms with van der Waals surface area (Å²) in [6.07, 6.45) is -2.78. The molecule has 4 unspecified atom stereocenters. The minimum atomic E-state index is -4.34. The molecule has 0 aromatic heterocycles. The highest BCUT2D eigenvalue weighted by molar-refractivity contribution is 5.83. The summed E-state index contributed by atoms with van der Waals surface area (Å²) >= 11 is 0. The van der Waals surface area contributed by atoms with E-state index < -0.39 is 11.7 Å². The van der Waals surface area contributed by atoms with Crippen LogP contribution in [0.25, 0.3) is 0 Å². The van der Waals surface area contributed by atoms with Gasteiger partial charge in [0.15, 0.2) is 0 Å². The van der Waals surface area contributed by atoms with E-state index in [0.29, 0.717) is 19.6 Å². The Kier molecular flexibility index (Phi) is 5.15. The van der Waals surface area contributed by atoms with Crippen molar-refractivity contribution in [3.8, 4) is 0 Å². The highest BCUT2D eigenvalue weighted by atomic mass is 19.4. The first-order valence-electron chi connectivity index (χ1n) is 9.53. The van der Waals surface area contributed by atoms with Gasteiger partial charge in [-0.3, -0.25) is 4.79 Å². The molecule has 3 nitrogen and oxygen atoms in total. The van der Waals surface area contributed by atoms with E-state index in [1.807, 2.05) is 30.3 Å². The van der Waals surface area contributed by atoms with E-state index in [4.69, 9.17) is 4.74 Å². The van der Waals surface area contributed by atoms with E-state index in [-0.39, 0.29) is 29.7 Å². The maximum Gasteiger partial charge on any atom is 0.416 e. The number of benzene rings is 2. The summed E-state index contributed by atoms with van der Waals surface area (Å²) in [5, 5.41) is 3.17. The second kappa shape index (κ2) is 7.59. The van der Waals surface area contributed by atoms with Crippen LogP contribution in [0.4, 0.5) is 13.2 Å². The Bertz CT molecular complexity index is 814. The molecule has 148 valence electrons. The molecule has 1 amide bonds. The van der Waals surface area contributed by atoms with Crippen molar-refractivity contribution in [1.29, 1.82) is 0 Å². The number of ether oxygens (including phenoxy) is 1. The second-order valence-electron chi connectivity index (χ2n) is 7.59. The molecule has 4 atom stereocenters. The van der Waals surface area contributed by atoms with Crippen molar-refractivity contribution in [2.45, 2.75) is 31.0 Å². The van der Waals surface area contributed by atoms with Crippen LogP contribution in [-0.2, 0) is 15.7 Å². The quantitative estimate of drug-likeness (QED) is 0.805. The molecule has 1 aliphatic heterocycles. The molecule has 1 aliphatic carbocycles. The van der Waals surface area contributed by atoms with E-state index in [9.17, 15) is 18.0 Å². The summed E-state index contributed by atoms with van der Waals surface area (Å²) in [5.74, 6) is -0.0101. The van der Waals surface area contributed by atoms with E-state index in [1.165, 1.54) is 12.1 Å². The minimum Gasteiger partial charge on any atom is -0.381 e. The Hall–Kier alpha value is -2.34. The van der Waals surface area contributed by atoms with Gasteiger partial charge < -0.3 is 10.1 Å². The molecule has 2 aromatic carbocycles. The van der Waals surface area contributed by atoms with Gasteiger partial charge >= 0.3 is 6.18 Å². The molecular weight excluding hydrogens is 367 g/mol. The zero-order valence-electron chi connectivity index (χ0n) is 15.3. The zero-order valence-corrected chi connectivity index (χ0v) is 15.3. The van der Waals surface area contributed by atoms with E-state index in [2.05, 4.69) is 5.32 Å². The van der Waals surface area contributed by atoms with Crippen LogP contribution in [0.5, 0.6) is 0 Å². The largest absolute Gasteiger partial charge is 0.416 e. The molecule has 0 radical (unpaired) electrons. The number of carbonyl (C=O) groups excluding carboxylic acids is 1. The predicted octanol–water partition coefficient (Wildman–Crippen LogP) is 4.70. The summed E-state index contributed by atoms with van der Waals surface area (Å²) in [5.41, 5.74) is 1.18. The fraction of sp³-hybridized carbons (Fsp3) is 0.409. The number of hydrogen-bond donors (Lipinski definition) is 1. The van der Waals surface area contributed by atoms with Gasteiger partial charge in [0, 0.05) is 18.4 Å². The molecule has 0 spiro atoms. The van der Waals surface area contributed by atoms with Gasteiger partial charge in [0.05, 0.1) is 18.2 Å². The number of hydrogen-bond acceptors (Lipinski definition) is 2. The van der Waals surface area contributed by atoms with Crippen LogP contribution in [0.3, 0.4) is 0 Å². The second-order valence-corrected chi connectivity index (χ2v) is 7.59. The maximum absolute atomic E-state index is 12.8. The molecular formula is C22H22F3NO2. The van der Waals surface area contributed by atoms with Crippen LogP contribution in [0.1, 0.15) is 41.5 Å². The van der Waals surface area contributed by atoms with Crippen LogP contribution >= 0.6 is 0 Å². The topological polar surface area (TPSA) is 38.3 Å². The van der Waals surface area contributed by atoms with Crippen LogP contribution in [0.2, 0.25) is 0 Å². The van der Waals surface area contributed by atoms with Gasteiger partial charge in [0.25, 0.3) is 0 Å². The van der Waals surface area contributed by atoms with Gasteiger partial charge in [-0.2, -0.15) is 13.2 Å². The lowest BCUT2D eigenvalue weighted by Crippen LogP contribution is -2.35. The number of carbonyl (C=O) groups is 1. The third-order valence-electron chi connectivity index (χ3n) is 5.69. The molecule has 1 N–H and O–H groups in total. The molecule has 1 heterocycles. The fourth-order valence-corrected chi connectivity index (χ4v) is 3.98. The number of alkyl halides is 3. The van der Waals surface area contributed by atoms with Crippen LogP contribution in [0.15, 0.2) is 54.6 Å². The lowest BCUT2D eigenvalue weighted by Gasteiger charge is -2.24. The highest BCUT2D eigenvalue weighted by Gasteiger charge is 2.45. The normalized spacial score (nSPS) is 25.3. The molecule has 4 rings (SSSR count). The Morgan fingerprint density at radius 2 is 1.79 bits per heavy atom. The standard InChI is InChI=1S/C22H22F3NO2/c23-22(24,25)17-8-6-14(7-9-17)18-12-19(18)21(27)26-20(16-10-11-28-13-16)15-4-2-1-3-5-15/h1-9,16,18-20H,10-13H2,(H,26,27). The number of amides is 1. The lowest BCUT2D eigenvalue weighted by molar-refractivity contribution is -0.137. The molecule has 2 fully saturated rings. The molecule has 6 heteroatoms. The smallest absolute Gasteiger partial charge is 0.381 e. The molecule has 2 aliphatic rings. The summed E-state index contributed by atoms with van der Waals surface area (Å²) in [7, 11) is 0. The van der Waals surface area contributed by atoms with Crippen molar-refractivity contribution in [1.82, 2.24) is 5.32 Å². The number of nitrogens with one attached hydrogen (secondary N) is 1. The lowest BCUT2D eigenvalue weighted by atomic mass is 9.92. The summed E-state index contributed by atoms with van der Waals surface area (Å²) in [6, 6.07) is 14.9. The van der Waals surface area contributed by atoms with Gasteiger partial charge in [-0.05, 0) is 42.0 Å². The van der Waals surface area contributed by atoms with Crippen molar-refractivity contribution in [3.63, 3.8) is 0 Å². The average molecular weight is 389 g/mol. The first-order valence-corrected chi connectivity index (χ1v) is 9.53. The van der Waals surface area contributed by atoms with Gasteiger partial charge in [-0.1, -0.05) is 42.5 Å². The van der Waals surface area contributed by atoms with Crippen LogP contribution in [0, 0.1) is 11.8 Å². The van der Waals surface area contributed by atoms with Gasteiger partial charge in [0.1, 0.15) is 0 Å². The number of halogens is 3. The van der Waals surface area contributed by atoms with E-state index >= 15 is 0 Å². The van der Waals surface area contributed by atoms with E-state index in [1.54, 1.807) is 0 Å². The predicted molar refractivity (Wildman–Crippen MR) is 98.5 cm³/mol. The SMILES string of the molecule is O=C(NC(c1ccccc1)C1CCOC1)C1CC1c1ccc(C(F)(F)F)cc1. The van der Waals surface area contributed by atoms with Gasteiger partial charge in [0.2, 0.25) is 5.91 Å². The summed E-state index contributed by atoms with van der Waals surface area (Å²) in [6.45, 7) is 1.31. The summed E-state index contributed by atoms with van der Waals surface area (Å²) in [4.78, 5) is 12.8. The molecule has 1 saturated heterocycles. The molecule has 0 bridgehead atoms. The van der Waals surface area contributed by atoms with Crippen molar-refractivity contribution < 1.29 is 22.7 Å². The van der Waals surface area contributed by atoms with Gasteiger partial charge in [-0.25, -0.2) is 0 Å². The van der Waals surface area contributed by atoms with Crippen molar-refractivity contribution in [3.05, 3.63) is 71.3 Å². The first-order chi connectivity index (χ1) is 13.4. The average Bonchev–Trinajstić information content (AvgIpc) is 3.32. The van der Waals surface area contributed by atoms with Gasteiger partial charge in [-0.15, -0.1) is 0 Å². The van der Waals surface area contributed by atoms with Crippen LogP contribution in [-0.4, -0.2) is 19.1 Å². The first kappa shape index (κ1) is 19.0. The third kappa shape index (κ3) is 4.07. The third-order valence-corrected chi connectivity index (χ3v) is 5.69. The van der Waals surface area contributed by atoms with Crippen molar-refractivity contribution in [2.24, 2.45) is 11.8 Å². The molecule has 2 aromatic rings. The Morgan fingerprint density at radius 3 is 2.39 bits per heavy atom. The maximum atomic E-state index is 12.8. The van der Waals surface area contributed by atoms with Crippen LogP contribution < -0.4 is 5.32 Å². The minimum absolute atomic E-state index is 0.0152. The van der Waals surface area contributed by atoms with Crippen molar-refractivity contribution >= 4 is 5.91 Å². The zero-order chi connectivity index (χ0) is 19.7. The summed E-state index contributed by atoms with van der Waals surface area (Å²) < 4.78 is 43.7. The Labute approximate surface area is 161 Å². The molecule has 1 saturated carbocycles. The monoisotopic (exact) mass is 389 g/mol. The molecule has 28 heavy (non-hydrogen) atoms. The highest BCUT2D eigenvalue weighted by Crippen LogP contribution is 2.48.